The molecule has 1 rings (SSSR count). The number of hydrogen-bond donors (Lipinski definition) is 0. The summed E-state index contributed by atoms with van der Waals surface area (Å²) >= 11 is 3.18. The van der Waals surface area contributed by atoms with Crippen molar-refractivity contribution >= 4 is 37.6 Å². The smallest absolute Gasteiger partial charge is 0.144 e. The highest BCUT2D eigenvalue weighted by molar-refractivity contribution is 9.10. The maximum absolute atomic E-state index is 5.42. The quantitative estimate of drug-likeness (QED) is 0.734. The summed E-state index contributed by atoms with van der Waals surface area (Å²) in [6.07, 6.45) is 3.19. The van der Waals surface area contributed by atoms with Crippen molar-refractivity contribution < 1.29 is 0 Å². The molecule has 0 radical (unpaired) electrons. The van der Waals surface area contributed by atoms with Crippen LogP contribution in [0, 0.1) is 0 Å². The van der Waals surface area contributed by atoms with Crippen molar-refractivity contribution in [3.63, 3.8) is 0 Å². The summed E-state index contributed by atoms with van der Waals surface area (Å²) in [6, 6.07) is 0. The highest BCUT2D eigenvalue weighted by Gasteiger charge is 1.97. The van der Waals surface area contributed by atoms with Gasteiger partial charge in [-0.2, -0.15) is 0 Å². The first-order valence-corrected chi connectivity index (χ1v) is 4.53. The van der Waals surface area contributed by atoms with E-state index in [2.05, 4.69) is 25.9 Å². The third-order valence-electron chi connectivity index (χ3n) is 0.696. The molecule has 0 amide bonds. The molecule has 0 aliphatic carbocycles. The van der Waals surface area contributed by atoms with Crippen molar-refractivity contribution in [3.8, 4) is 0 Å². The Labute approximate surface area is 69.7 Å². The average molecular weight is 225 g/mol. The highest BCUT2D eigenvalue weighted by Crippen LogP contribution is 2.24. The van der Waals surface area contributed by atoms with Crippen molar-refractivity contribution in [2.45, 2.75) is 5.03 Å². The number of rotatable bonds is 1. The topological polar surface area (TPSA) is 25.8 Å². The summed E-state index contributed by atoms with van der Waals surface area (Å²) in [5.41, 5.74) is 0. The van der Waals surface area contributed by atoms with E-state index in [1.54, 1.807) is 12.4 Å². The van der Waals surface area contributed by atoms with Gasteiger partial charge in [0.05, 0.1) is 0 Å². The Bertz CT molecular complexity index is 208. The zero-order chi connectivity index (χ0) is 6.69. The second kappa shape index (κ2) is 3.39. The third-order valence-corrected chi connectivity index (χ3v) is 2.42. The third kappa shape index (κ3) is 1.81. The fourth-order valence-corrected chi connectivity index (χ4v) is 1.66. The van der Waals surface area contributed by atoms with Gasteiger partial charge in [-0.1, -0.05) is 0 Å². The van der Waals surface area contributed by atoms with Crippen molar-refractivity contribution in [2.24, 2.45) is 0 Å². The maximum Gasteiger partial charge on any atom is 0.144 e. The number of hydrogen-bond acceptors (Lipinski definition) is 3. The second-order valence-corrected chi connectivity index (χ2v) is 2.98. The van der Waals surface area contributed by atoms with E-state index in [0.717, 1.165) is 11.0 Å². The zero-order valence-corrected chi connectivity index (χ0v) is 7.37. The molecule has 0 spiro atoms. The summed E-state index contributed by atoms with van der Waals surface area (Å²) < 4.78 is 0.685. The SMILES string of the molecule is ClSc1nccnc1Br. The number of nitrogens with zero attached hydrogens (tertiary/aromatic N) is 2. The predicted octanol–water partition coefficient (Wildman–Crippen LogP) is 2.48. The average Bonchev–Trinajstić information content (AvgIpc) is 1.89. The molecule has 1 heterocycles. The Balaban J connectivity index is 3.01. The Morgan fingerprint density at radius 2 is 2.11 bits per heavy atom. The minimum atomic E-state index is 0.685. The summed E-state index contributed by atoms with van der Waals surface area (Å²) in [5.74, 6) is 0. The predicted molar refractivity (Wildman–Crippen MR) is 41.4 cm³/mol. The second-order valence-electron chi connectivity index (χ2n) is 1.23. The molecule has 0 aromatic carbocycles. The molecule has 0 saturated carbocycles. The van der Waals surface area contributed by atoms with Crippen LogP contribution in [-0.2, 0) is 0 Å². The van der Waals surface area contributed by atoms with E-state index in [0.29, 0.717) is 9.63 Å². The van der Waals surface area contributed by atoms with Crippen LogP contribution in [-0.4, -0.2) is 9.97 Å². The largest absolute Gasteiger partial charge is 0.245 e. The molecule has 0 atom stereocenters. The fraction of sp³-hybridized carbons (Fsp3) is 0. The highest BCUT2D eigenvalue weighted by atomic mass is 79.9. The molecule has 9 heavy (non-hydrogen) atoms. The van der Waals surface area contributed by atoms with Crippen LogP contribution in [0.4, 0.5) is 0 Å². The molecular formula is C4H2BrClN2S. The minimum Gasteiger partial charge on any atom is -0.245 e. The van der Waals surface area contributed by atoms with Crippen molar-refractivity contribution in [1.82, 2.24) is 9.97 Å². The number of halogens is 2. The molecule has 0 fully saturated rings. The van der Waals surface area contributed by atoms with Gasteiger partial charge in [-0.3, -0.25) is 0 Å². The van der Waals surface area contributed by atoms with Crippen LogP contribution in [0.2, 0.25) is 0 Å². The van der Waals surface area contributed by atoms with Crippen LogP contribution in [0.1, 0.15) is 0 Å². The lowest BCUT2D eigenvalue weighted by molar-refractivity contribution is 1.03. The van der Waals surface area contributed by atoms with E-state index < -0.39 is 0 Å². The van der Waals surface area contributed by atoms with E-state index in [1.165, 1.54) is 0 Å². The van der Waals surface area contributed by atoms with Crippen molar-refractivity contribution in [3.05, 3.63) is 17.0 Å². The van der Waals surface area contributed by atoms with Crippen molar-refractivity contribution in [2.75, 3.05) is 0 Å². The van der Waals surface area contributed by atoms with Crippen LogP contribution in [0.25, 0.3) is 0 Å². The van der Waals surface area contributed by atoms with E-state index >= 15 is 0 Å². The lowest BCUT2D eigenvalue weighted by Gasteiger charge is -1.91. The van der Waals surface area contributed by atoms with Gasteiger partial charge in [-0.25, -0.2) is 9.97 Å². The normalized spacial score (nSPS) is 9.56. The summed E-state index contributed by atoms with van der Waals surface area (Å²) in [4.78, 5) is 7.82. The molecule has 0 aliphatic heterocycles. The molecule has 48 valence electrons. The molecule has 5 heteroatoms. The van der Waals surface area contributed by atoms with Crippen LogP contribution in [0.5, 0.6) is 0 Å². The van der Waals surface area contributed by atoms with Gasteiger partial charge in [0.2, 0.25) is 0 Å². The minimum absolute atomic E-state index is 0.685. The number of aromatic nitrogens is 2. The van der Waals surface area contributed by atoms with E-state index in [4.69, 9.17) is 10.7 Å². The van der Waals surface area contributed by atoms with Gasteiger partial charge in [0.25, 0.3) is 0 Å². The maximum atomic E-state index is 5.42. The van der Waals surface area contributed by atoms with E-state index in [1.807, 2.05) is 0 Å². The molecule has 0 unspecified atom stereocenters. The van der Waals surface area contributed by atoms with Crippen molar-refractivity contribution in [1.29, 1.82) is 0 Å². The van der Waals surface area contributed by atoms with Gasteiger partial charge in [0.1, 0.15) is 9.63 Å². The first-order chi connectivity index (χ1) is 4.34. The van der Waals surface area contributed by atoms with Crippen LogP contribution in [0.3, 0.4) is 0 Å². The molecule has 0 N–H and O–H groups in total. The monoisotopic (exact) mass is 224 g/mol. The molecule has 0 aliphatic rings. The lowest BCUT2D eigenvalue weighted by Crippen LogP contribution is -1.80. The fourth-order valence-electron chi connectivity index (χ4n) is 0.360. The van der Waals surface area contributed by atoms with Crippen LogP contribution in [0.15, 0.2) is 22.0 Å². The molecule has 0 saturated heterocycles. The molecule has 1 aromatic rings. The van der Waals surface area contributed by atoms with E-state index in [9.17, 15) is 0 Å². The van der Waals surface area contributed by atoms with Gasteiger partial charge >= 0.3 is 0 Å². The summed E-state index contributed by atoms with van der Waals surface area (Å²) in [7, 11) is 6.46. The van der Waals surface area contributed by atoms with Gasteiger partial charge in [0.15, 0.2) is 0 Å². The summed E-state index contributed by atoms with van der Waals surface area (Å²) in [5, 5.41) is 0.694. The van der Waals surface area contributed by atoms with Crippen LogP contribution >= 0.6 is 37.6 Å². The molecule has 1 aromatic heterocycles. The van der Waals surface area contributed by atoms with Gasteiger partial charge in [-0.05, 0) is 26.6 Å². The Morgan fingerprint density at radius 3 is 2.56 bits per heavy atom. The molecular weight excluding hydrogens is 223 g/mol. The van der Waals surface area contributed by atoms with Gasteiger partial charge < -0.3 is 0 Å². The summed E-state index contributed by atoms with van der Waals surface area (Å²) in [6.45, 7) is 0. The van der Waals surface area contributed by atoms with E-state index in [-0.39, 0.29) is 0 Å². The molecule has 2 nitrogen and oxygen atoms in total. The first-order valence-electron chi connectivity index (χ1n) is 2.09. The van der Waals surface area contributed by atoms with Gasteiger partial charge in [-0.15, -0.1) is 0 Å². The zero-order valence-electron chi connectivity index (χ0n) is 4.21. The van der Waals surface area contributed by atoms with Crippen LogP contribution < -0.4 is 0 Å². The standard InChI is InChI=1S/C4H2BrClN2S/c5-3-4(9-6)8-2-1-7-3/h1-2H. The van der Waals surface area contributed by atoms with Gasteiger partial charge in [0, 0.05) is 23.4 Å². The first kappa shape index (κ1) is 7.31. The lowest BCUT2D eigenvalue weighted by atomic mass is 10.8. The Hall–Kier alpha value is 0.200. The molecule has 0 bridgehead atoms. The Morgan fingerprint density at radius 1 is 1.44 bits per heavy atom. The Kier molecular flexibility index (Phi) is 2.75.